The molecule has 2 aliphatic rings. The van der Waals surface area contributed by atoms with E-state index in [-0.39, 0.29) is 35.4 Å². The number of carbonyl (C=O) groups is 2. The van der Waals surface area contributed by atoms with Crippen LogP contribution in [0.5, 0.6) is 5.75 Å². The minimum Gasteiger partial charge on any atom is -0.488 e. The first-order valence-electron chi connectivity index (χ1n) is 10.3. The number of fused-ring (bicyclic) bond motifs is 1. The van der Waals surface area contributed by atoms with Crippen LogP contribution in [-0.2, 0) is 0 Å². The number of nitrogens with zero attached hydrogens (tertiary/aromatic N) is 1. The number of aromatic amines is 1. The van der Waals surface area contributed by atoms with Gasteiger partial charge >= 0.3 is 0 Å². The summed E-state index contributed by atoms with van der Waals surface area (Å²) in [4.78, 5) is 29.9. The maximum absolute atomic E-state index is 13.2. The molecule has 0 unspecified atom stereocenters. The zero-order valence-corrected chi connectivity index (χ0v) is 17.4. The number of nitrogens with one attached hydrogen (secondary N) is 1. The Morgan fingerprint density at radius 1 is 1.13 bits per heavy atom. The number of halogens is 1. The number of ether oxygens (including phenoxy) is 1. The molecule has 1 aliphatic heterocycles. The number of aliphatic hydroxyl groups excluding tert-OH is 1. The van der Waals surface area contributed by atoms with Crippen molar-refractivity contribution >= 4 is 11.7 Å². The van der Waals surface area contributed by atoms with E-state index in [0.717, 1.165) is 0 Å². The van der Waals surface area contributed by atoms with Crippen LogP contribution in [0.2, 0.25) is 0 Å². The maximum atomic E-state index is 13.2. The predicted molar refractivity (Wildman–Crippen MR) is 109 cm³/mol. The van der Waals surface area contributed by atoms with Gasteiger partial charge in [0.2, 0.25) is 0 Å². The summed E-state index contributed by atoms with van der Waals surface area (Å²) >= 11 is 0. The van der Waals surface area contributed by atoms with E-state index in [4.69, 9.17) is 4.74 Å². The van der Waals surface area contributed by atoms with Crippen LogP contribution in [-0.4, -0.2) is 52.0 Å². The van der Waals surface area contributed by atoms with Gasteiger partial charge in [0.05, 0.1) is 17.4 Å². The highest BCUT2D eigenvalue weighted by Gasteiger charge is 2.44. The number of hydrogen-bond donors (Lipinski definition) is 2. The number of benzene rings is 1. The Bertz CT molecular complexity index is 968. The van der Waals surface area contributed by atoms with Crippen molar-refractivity contribution in [1.82, 2.24) is 9.88 Å². The lowest BCUT2D eigenvalue weighted by Crippen LogP contribution is -2.42. The Morgan fingerprint density at radius 3 is 2.37 bits per heavy atom. The third-order valence-corrected chi connectivity index (χ3v) is 6.48. The number of likely N-dealkylation sites (tertiary alicyclic amines) is 1. The number of carbonyl (C=O) groups excluding carboxylic acids is 2. The lowest BCUT2D eigenvalue weighted by atomic mass is 9.78. The first-order valence-corrected chi connectivity index (χ1v) is 10.3. The van der Waals surface area contributed by atoms with Crippen LogP contribution < -0.4 is 4.74 Å². The zero-order chi connectivity index (χ0) is 21.6. The Kier molecular flexibility index (Phi) is 5.40. The van der Waals surface area contributed by atoms with Gasteiger partial charge in [-0.2, -0.15) is 0 Å². The SMILES string of the molecule is CC(=O)c1[nH]c(C)c(C(=O)N2C[C@H]3C[C@@H](Oc4ccc(F)cc4)[C@H](O)C[C@H]3C2)c1C. The minimum atomic E-state index is -0.633. The van der Waals surface area contributed by atoms with Crippen LogP contribution in [0.3, 0.4) is 0 Å². The lowest BCUT2D eigenvalue weighted by Gasteiger charge is -2.35. The molecule has 1 aromatic carbocycles. The van der Waals surface area contributed by atoms with Crippen molar-refractivity contribution in [1.29, 1.82) is 0 Å². The highest BCUT2D eigenvalue weighted by atomic mass is 19.1. The van der Waals surface area contributed by atoms with Crippen LogP contribution in [0, 0.1) is 31.5 Å². The number of aliphatic hydroxyl groups is 1. The monoisotopic (exact) mass is 414 g/mol. The van der Waals surface area contributed by atoms with Gasteiger partial charge in [-0.1, -0.05) is 0 Å². The summed E-state index contributed by atoms with van der Waals surface area (Å²) in [6.45, 7) is 6.28. The fraction of sp³-hybridized carbons (Fsp3) is 0.478. The molecule has 30 heavy (non-hydrogen) atoms. The Hall–Kier alpha value is -2.67. The molecule has 4 rings (SSSR count). The molecular formula is C23H27FN2O4. The van der Waals surface area contributed by atoms with Crippen molar-refractivity contribution in [2.75, 3.05) is 13.1 Å². The second-order valence-electron chi connectivity index (χ2n) is 8.56. The van der Waals surface area contributed by atoms with Gasteiger partial charge in [-0.3, -0.25) is 9.59 Å². The number of aryl methyl sites for hydroxylation is 1. The molecular weight excluding hydrogens is 387 g/mol. The quantitative estimate of drug-likeness (QED) is 0.753. The molecule has 2 heterocycles. The molecule has 6 nitrogen and oxygen atoms in total. The average Bonchev–Trinajstić information content (AvgIpc) is 3.23. The number of rotatable bonds is 4. The molecule has 0 bridgehead atoms. The zero-order valence-electron chi connectivity index (χ0n) is 17.4. The fourth-order valence-corrected chi connectivity index (χ4v) is 4.95. The third-order valence-electron chi connectivity index (χ3n) is 6.48. The van der Waals surface area contributed by atoms with E-state index >= 15 is 0 Å². The molecule has 7 heteroatoms. The van der Waals surface area contributed by atoms with Gasteiger partial charge in [-0.25, -0.2) is 4.39 Å². The molecule has 0 spiro atoms. The van der Waals surface area contributed by atoms with Gasteiger partial charge in [0, 0.05) is 25.7 Å². The standard InChI is InChI=1S/C23H27FN2O4/c1-12-21(13(2)25-22(12)14(3)27)23(29)26-10-15-8-19(28)20(9-16(15)11-26)30-18-6-4-17(24)5-7-18/h4-7,15-16,19-20,25,28H,8-11H2,1-3H3/t15-,16+,19+,20+/m0/s1. The van der Waals surface area contributed by atoms with Crippen molar-refractivity contribution < 1.29 is 23.8 Å². The smallest absolute Gasteiger partial charge is 0.255 e. The summed E-state index contributed by atoms with van der Waals surface area (Å²) < 4.78 is 19.0. The molecule has 2 N–H and O–H groups in total. The Balaban J connectivity index is 1.46. The summed E-state index contributed by atoms with van der Waals surface area (Å²) in [5.41, 5.74) is 2.45. The van der Waals surface area contributed by atoms with Gasteiger partial charge in [0.15, 0.2) is 5.78 Å². The van der Waals surface area contributed by atoms with Gasteiger partial charge in [-0.15, -0.1) is 0 Å². The van der Waals surface area contributed by atoms with E-state index in [0.29, 0.717) is 54.2 Å². The van der Waals surface area contributed by atoms with Crippen LogP contribution in [0.1, 0.15) is 51.9 Å². The molecule has 2 fully saturated rings. The Labute approximate surface area is 175 Å². The van der Waals surface area contributed by atoms with Crippen molar-refractivity contribution in [2.45, 2.75) is 45.8 Å². The first-order chi connectivity index (χ1) is 14.2. The van der Waals surface area contributed by atoms with Crippen molar-refractivity contribution in [3.8, 4) is 5.75 Å². The minimum absolute atomic E-state index is 0.0753. The van der Waals surface area contributed by atoms with E-state index in [1.165, 1.54) is 19.1 Å². The van der Waals surface area contributed by atoms with Gasteiger partial charge < -0.3 is 19.7 Å². The molecule has 0 radical (unpaired) electrons. The predicted octanol–water partition coefficient (Wildman–Crippen LogP) is 3.26. The van der Waals surface area contributed by atoms with Crippen LogP contribution >= 0.6 is 0 Å². The second-order valence-corrected chi connectivity index (χ2v) is 8.56. The molecule has 1 saturated carbocycles. The van der Waals surface area contributed by atoms with Crippen molar-refractivity contribution in [2.24, 2.45) is 11.8 Å². The van der Waals surface area contributed by atoms with E-state index in [1.54, 1.807) is 19.1 Å². The van der Waals surface area contributed by atoms with E-state index < -0.39 is 6.10 Å². The molecule has 1 saturated heterocycles. The normalized spacial score (nSPS) is 25.8. The van der Waals surface area contributed by atoms with Crippen LogP contribution in [0.25, 0.3) is 0 Å². The van der Waals surface area contributed by atoms with Crippen molar-refractivity contribution in [3.63, 3.8) is 0 Å². The van der Waals surface area contributed by atoms with Gasteiger partial charge in [-0.05, 0) is 68.4 Å². The lowest BCUT2D eigenvalue weighted by molar-refractivity contribution is -0.0231. The summed E-state index contributed by atoms with van der Waals surface area (Å²) in [5, 5.41) is 10.6. The summed E-state index contributed by atoms with van der Waals surface area (Å²) in [5.74, 6) is 0.473. The third kappa shape index (κ3) is 3.74. The number of ketones is 1. The maximum Gasteiger partial charge on any atom is 0.255 e. The van der Waals surface area contributed by atoms with Gasteiger partial charge in [0.25, 0.3) is 5.91 Å². The van der Waals surface area contributed by atoms with Crippen LogP contribution in [0.15, 0.2) is 24.3 Å². The van der Waals surface area contributed by atoms with E-state index in [2.05, 4.69) is 4.98 Å². The highest BCUT2D eigenvalue weighted by Crippen LogP contribution is 2.39. The molecule has 1 aromatic heterocycles. The van der Waals surface area contributed by atoms with Crippen LogP contribution in [0.4, 0.5) is 4.39 Å². The Morgan fingerprint density at radius 2 is 1.77 bits per heavy atom. The molecule has 1 aliphatic carbocycles. The highest BCUT2D eigenvalue weighted by molar-refractivity contribution is 6.02. The number of hydrogen-bond acceptors (Lipinski definition) is 4. The van der Waals surface area contributed by atoms with E-state index in [1.807, 2.05) is 11.8 Å². The fourth-order valence-electron chi connectivity index (χ4n) is 4.95. The number of Topliss-reactive ketones (excluding diaryl/α,β-unsaturated/α-hetero) is 1. The van der Waals surface area contributed by atoms with E-state index in [9.17, 15) is 19.1 Å². The first kappa shape index (κ1) is 20.6. The largest absolute Gasteiger partial charge is 0.488 e. The number of aromatic nitrogens is 1. The summed E-state index contributed by atoms with van der Waals surface area (Å²) in [6.07, 6.45) is 0.180. The van der Waals surface area contributed by atoms with Gasteiger partial charge in [0.1, 0.15) is 17.7 Å². The summed E-state index contributed by atoms with van der Waals surface area (Å²) in [7, 11) is 0. The second kappa shape index (κ2) is 7.87. The molecule has 1 amide bonds. The molecule has 160 valence electrons. The summed E-state index contributed by atoms with van der Waals surface area (Å²) in [6, 6.07) is 5.78. The number of amides is 1. The topological polar surface area (TPSA) is 82.6 Å². The van der Waals surface area contributed by atoms with Crippen molar-refractivity contribution in [3.05, 3.63) is 52.6 Å². The number of H-pyrrole nitrogens is 1. The average molecular weight is 414 g/mol. The molecule has 2 aromatic rings. The molecule has 4 atom stereocenters.